The molecular weight excluding hydrogens is 430 g/mol. The number of rotatable bonds is 7. The average Bonchev–Trinajstić information content (AvgIpc) is 2.81. The van der Waals surface area contributed by atoms with E-state index >= 15 is 0 Å². The summed E-state index contributed by atoms with van der Waals surface area (Å²) in [7, 11) is 3.14. The average molecular weight is 452 g/mol. The van der Waals surface area contributed by atoms with Crippen LogP contribution in [-0.2, 0) is 19.5 Å². The van der Waals surface area contributed by atoms with Crippen molar-refractivity contribution in [2.24, 2.45) is 0 Å². The van der Waals surface area contributed by atoms with Gasteiger partial charge in [-0.3, -0.25) is 13.9 Å². The number of fused-ring (bicyclic) bond motifs is 1. The molecule has 2 aromatic carbocycles. The number of halogens is 1. The molecule has 4 aromatic rings. The Balaban J connectivity index is 1.75. The van der Waals surface area contributed by atoms with Crippen molar-refractivity contribution in [3.8, 4) is 11.5 Å². The fourth-order valence-electron chi connectivity index (χ4n) is 3.69. The normalized spacial score (nSPS) is 11.0. The molecule has 2 heterocycles. The molecule has 0 aliphatic heterocycles. The van der Waals surface area contributed by atoms with Gasteiger partial charge >= 0.3 is 5.69 Å². The van der Waals surface area contributed by atoms with Crippen molar-refractivity contribution >= 4 is 22.6 Å². The molecule has 32 heavy (non-hydrogen) atoms. The van der Waals surface area contributed by atoms with Crippen molar-refractivity contribution in [3.05, 3.63) is 97.8 Å². The molecule has 0 spiro atoms. The summed E-state index contributed by atoms with van der Waals surface area (Å²) in [5.74, 6) is 1.21. The zero-order valence-electron chi connectivity index (χ0n) is 17.7. The third-order valence-electron chi connectivity index (χ3n) is 5.29. The number of methoxy groups -OCH3 is 2. The third kappa shape index (κ3) is 4.24. The molecular formula is C24H22ClN3O4. The molecule has 0 fully saturated rings. The second-order valence-corrected chi connectivity index (χ2v) is 7.70. The third-order valence-corrected chi connectivity index (χ3v) is 5.52. The molecule has 0 radical (unpaired) electrons. The lowest BCUT2D eigenvalue weighted by atomic mass is 10.1. The summed E-state index contributed by atoms with van der Waals surface area (Å²) in [6.45, 7) is 0.480. The van der Waals surface area contributed by atoms with Gasteiger partial charge in [0, 0.05) is 17.8 Å². The lowest BCUT2D eigenvalue weighted by molar-refractivity contribution is 0.354. The number of nitrogens with zero attached hydrogens (tertiary/aromatic N) is 3. The van der Waals surface area contributed by atoms with Crippen molar-refractivity contribution < 1.29 is 9.47 Å². The van der Waals surface area contributed by atoms with Gasteiger partial charge in [0.1, 0.15) is 0 Å². The molecule has 0 saturated carbocycles. The van der Waals surface area contributed by atoms with Crippen LogP contribution in [0.2, 0.25) is 5.02 Å². The van der Waals surface area contributed by atoms with Gasteiger partial charge in [-0.25, -0.2) is 9.78 Å². The summed E-state index contributed by atoms with van der Waals surface area (Å²) in [4.78, 5) is 30.7. The van der Waals surface area contributed by atoms with Crippen molar-refractivity contribution in [3.63, 3.8) is 0 Å². The molecule has 0 bridgehead atoms. The van der Waals surface area contributed by atoms with Crippen LogP contribution < -0.4 is 20.7 Å². The molecule has 0 aliphatic rings. The number of benzene rings is 2. The topological polar surface area (TPSA) is 75.4 Å². The Morgan fingerprint density at radius 2 is 1.72 bits per heavy atom. The predicted octanol–water partition coefficient (Wildman–Crippen LogP) is 3.52. The smallest absolute Gasteiger partial charge is 0.331 e. The van der Waals surface area contributed by atoms with Crippen LogP contribution in [0.25, 0.3) is 11.0 Å². The molecule has 8 heteroatoms. The molecule has 0 aliphatic carbocycles. The summed E-state index contributed by atoms with van der Waals surface area (Å²) in [6, 6.07) is 16.3. The number of hydrogen-bond donors (Lipinski definition) is 0. The first-order valence-corrected chi connectivity index (χ1v) is 10.4. The molecule has 0 N–H and O–H groups in total. The molecule has 7 nitrogen and oxygen atoms in total. The first-order valence-electron chi connectivity index (χ1n) is 10.1. The second-order valence-electron chi connectivity index (χ2n) is 7.27. The number of pyridine rings is 1. The number of aromatic nitrogens is 3. The van der Waals surface area contributed by atoms with E-state index in [0.717, 1.165) is 11.1 Å². The Morgan fingerprint density at radius 1 is 0.906 bits per heavy atom. The van der Waals surface area contributed by atoms with Crippen LogP contribution in [0.1, 0.15) is 11.1 Å². The largest absolute Gasteiger partial charge is 0.493 e. The van der Waals surface area contributed by atoms with E-state index in [0.29, 0.717) is 28.5 Å². The fourth-order valence-corrected chi connectivity index (χ4v) is 3.90. The zero-order valence-corrected chi connectivity index (χ0v) is 18.5. The predicted molar refractivity (Wildman–Crippen MR) is 124 cm³/mol. The maximum atomic E-state index is 13.4. The lowest BCUT2D eigenvalue weighted by Crippen LogP contribution is -2.41. The van der Waals surface area contributed by atoms with Gasteiger partial charge in [-0.05, 0) is 53.9 Å². The van der Waals surface area contributed by atoms with Gasteiger partial charge in [0.15, 0.2) is 17.0 Å². The Hall–Kier alpha value is -3.58. The monoisotopic (exact) mass is 451 g/mol. The van der Waals surface area contributed by atoms with E-state index in [-0.39, 0.29) is 18.6 Å². The minimum absolute atomic E-state index is 0.204. The van der Waals surface area contributed by atoms with Crippen LogP contribution in [0.3, 0.4) is 0 Å². The highest BCUT2D eigenvalue weighted by atomic mass is 35.5. The molecule has 0 atom stereocenters. The molecule has 0 amide bonds. The summed E-state index contributed by atoms with van der Waals surface area (Å²) < 4.78 is 13.4. The lowest BCUT2D eigenvalue weighted by Gasteiger charge is -2.14. The van der Waals surface area contributed by atoms with E-state index in [2.05, 4.69) is 4.98 Å². The summed E-state index contributed by atoms with van der Waals surface area (Å²) >= 11 is 6.12. The van der Waals surface area contributed by atoms with E-state index < -0.39 is 11.2 Å². The summed E-state index contributed by atoms with van der Waals surface area (Å²) in [5.41, 5.74) is 1.71. The second kappa shape index (κ2) is 9.28. The summed E-state index contributed by atoms with van der Waals surface area (Å²) in [6.07, 6.45) is 2.02. The first kappa shape index (κ1) is 21.6. The van der Waals surface area contributed by atoms with Crippen LogP contribution >= 0.6 is 11.6 Å². The van der Waals surface area contributed by atoms with Gasteiger partial charge in [-0.15, -0.1) is 0 Å². The summed E-state index contributed by atoms with van der Waals surface area (Å²) in [5, 5.41) is 0.583. The van der Waals surface area contributed by atoms with Crippen molar-refractivity contribution in [2.45, 2.75) is 19.5 Å². The maximum absolute atomic E-state index is 13.4. The first-order chi connectivity index (χ1) is 15.5. The minimum Gasteiger partial charge on any atom is -0.493 e. The van der Waals surface area contributed by atoms with Gasteiger partial charge in [-0.2, -0.15) is 0 Å². The van der Waals surface area contributed by atoms with Crippen molar-refractivity contribution in [1.29, 1.82) is 0 Å². The Bertz CT molecular complexity index is 1390. The Labute approximate surface area is 189 Å². The van der Waals surface area contributed by atoms with E-state index in [4.69, 9.17) is 21.1 Å². The van der Waals surface area contributed by atoms with Gasteiger partial charge in [0.2, 0.25) is 0 Å². The van der Waals surface area contributed by atoms with Crippen molar-refractivity contribution in [1.82, 2.24) is 14.1 Å². The van der Waals surface area contributed by atoms with E-state index in [1.54, 1.807) is 55.3 Å². The van der Waals surface area contributed by atoms with Gasteiger partial charge in [-0.1, -0.05) is 29.8 Å². The maximum Gasteiger partial charge on any atom is 0.331 e. The molecule has 0 unspecified atom stereocenters. The van der Waals surface area contributed by atoms with Crippen LogP contribution in [-0.4, -0.2) is 28.3 Å². The zero-order chi connectivity index (χ0) is 22.7. The van der Waals surface area contributed by atoms with Crippen LogP contribution in [0.5, 0.6) is 11.5 Å². The van der Waals surface area contributed by atoms with Gasteiger partial charge in [0.05, 0.1) is 26.3 Å². The van der Waals surface area contributed by atoms with E-state index in [1.807, 2.05) is 24.3 Å². The molecule has 4 rings (SSSR count). The van der Waals surface area contributed by atoms with Crippen LogP contribution in [0.4, 0.5) is 0 Å². The standard InChI is InChI=1S/C24H22ClN3O4/c1-31-20-9-8-16(14-21(20)32-2)10-12-27-23(29)22-19(7-4-11-26-22)28(24(27)30)15-17-5-3-6-18(25)13-17/h3-9,11,13-14H,10,12,15H2,1-2H3. The fraction of sp³-hybridized carbons (Fsp3) is 0.208. The highest BCUT2D eigenvalue weighted by molar-refractivity contribution is 6.30. The van der Waals surface area contributed by atoms with Gasteiger partial charge < -0.3 is 9.47 Å². The number of hydrogen-bond acceptors (Lipinski definition) is 5. The van der Waals surface area contributed by atoms with Crippen molar-refractivity contribution in [2.75, 3.05) is 14.2 Å². The van der Waals surface area contributed by atoms with E-state index in [9.17, 15) is 9.59 Å². The molecule has 0 saturated heterocycles. The highest BCUT2D eigenvalue weighted by Crippen LogP contribution is 2.27. The SMILES string of the molecule is COc1ccc(CCn2c(=O)c3ncccc3n(Cc3cccc(Cl)c3)c2=O)cc1OC. The Kier molecular flexibility index (Phi) is 6.28. The molecule has 2 aromatic heterocycles. The quantitative estimate of drug-likeness (QED) is 0.429. The Morgan fingerprint density at radius 3 is 2.47 bits per heavy atom. The minimum atomic E-state index is -0.409. The molecule has 164 valence electrons. The number of ether oxygens (including phenoxy) is 2. The van der Waals surface area contributed by atoms with Crippen LogP contribution in [0, 0.1) is 0 Å². The van der Waals surface area contributed by atoms with Gasteiger partial charge in [0.25, 0.3) is 5.56 Å². The van der Waals surface area contributed by atoms with E-state index in [1.165, 1.54) is 4.57 Å². The highest BCUT2D eigenvalue weighted by Gasteiger charge is 2.15. The van der Waals surface area contributed by atoms with Crippen LogP contribution in [0.15, 0.2) is 70.4 Å². The number of aryl methyl sites for hydroxylation is 1.